The van der Waals surface area contributed by atoms with E-state index >= 15 is 0 Å². The van der Waals surface area contributed by atoms with Gasteiger partial charge in [-0.25, -0.2) is 0 Å². The van der Waals surface area contributed by atoms with Crippen LogP contribution < -0.4 is 0 Å². The van der Waals surface area contributed by atoms with Crippen LogP contribution in [0.4, 0.5) is 0 Å². The van der Waals surface area contributed by atoms with Crippen LogP contribution in [-0.4, -0.2) is 18.7 Å². The third kappa shape index (κ3) is 2.00. The van der Waals surface area contributed by atoms with Crippen LogP contribution in [0.5, 0.6) is 0 Å². The van der Waals surface area contributed by atoms with Crippen molar-refractivity contribution in [3.63, 3.8) is 0 Å². The van der Waals surface area contributed by atoms with Crippen LogP contribution in [-0.2, 0) is 14.3 Å². The summed E-state index contributed by atoms with van der Waals surface area (Å²) in [6.45, 7) is 8.94. The molecule has 0 heterocycles. The van der Waals surface area contributed by atoms with Gasteiger partial charge < -0.3 is 4.74 Å². The van der Waals surface area contributed by atoms with Crippen LogP contribution in [0.1, 0.15) is 59.8 Å². The van der Waals surface area contributed by atoms with Gasteiger partial charge in [-0.3, -0.25) is 9.59 Å². The number of carbonyl (C=O) groups excluding carboxylic acids is 2. The lowest BCUT2D eigenvalue weighted by molar-refractivity contribution is -0.116. The van der Waals surface area contributed by atoms with E-state index in [9.17, 15) is 9.59 Å². The summed E-state index contributed by atoms with van der Waals surface area (Å²) in [7, 11) is 1.67. The third-order valence-corrected chi connectivity index (χ3v) is 8.68. The number of ketones is 2. The van der Waals surface area contributed by atoms with Gasteiger partial charge in [0.25, 0.3) is 0 Å². The number of allylic oxidation sites excluding steroid dienone is 6. The molecule has 0 aromatic rings. The molecule has 0 aromatic heterocycles. The lowest BCUT2D eigenvalue weighted by Crippen LogP contribution is -2.55. The number of ether oxygens (including phenoxy) is 1. The van der Waals surface area contributed by atoms with Gasteiger partial charge >= 0.3 is 0 Å². The highest BCUT2D eigenvalue weighted by molar-refractivity contribution is 6.01. The maximum Gasteiger partial charge on any atom is 0.178 e. The van der Waals surface area contributed by atoms with Crippen molar-refractivity contribution in [2.24, 2.45) is 28.1 Å². The Morgan fingerprint density at radius 2 is 1.88 bits per heavy atom. The summed E-state index contributed by atoms with van der Waals surface area (Å²) in [5, 5.41) is 0. The Balaban J connectivity index is 1.80. The molecule has 0 spiro atoms. The molecule has 140 valence electrons. The Morgan fingerprint density at radius 1 is 1.15 bits per heavy atom. The highest BCUT2D eigenvalue weighted by Gasteiger charge is 2.64. The number of rotatable bonds is 1. The molecular weight excluding hydrogens is 324 g/mol. The van der Waals surface area contributed by atoms with E-state index in [1.165, 1.54) is 5.57 Å². The first kappa shape index (κ1) is 17.8. The minimum atomic E-state index is -0.0763. The zero-order valence-corrected chi connectivity index (χ0v) is 16.6. The second kappa shape index (κ2) is 5.43. The Morgan fingerprint density at radius 3 is 2.58 bits per heavy atom. The molecule has 3 saturated carbocycles. The Hall–Kier alpha value is -1.64. The van der Waals surface area contributed by atoms with Gasteiger partial charge in [0.15, 0.2) is 11.6 Å². The van der Waals surface area contributed by atoms with Gasteiger partial charge in [-0.2, -0.15) is 0 Å². The summed E-state index contributed by atoms with van der Waals surface area (Å²) in [5.41, 5.74) is 2.17. The number of methoxy groups -OCH3 is 1. The predicted octanol–water partition coefficient (Wildman–Crippen LogP) is 4.78. The topological polar surface area (TPSA) is 43.4 Å². The largest absolute Gasteiger partial charge is 0.501 e. The molecule has 3 heteroatoms. The Labute approximate surface area is 156 Å². The van der Waals surface area contributed by atoms with Crippen molar-refractivity contribution in [2.75, 3.05) is 7.11 Å². The normalized spacial score (nSPS) is 46.3. The molecule has 3 fully saturated rings. The maximum atomic E-state index is 12.9. The van der Waals surface area contributed by atoms with E-state index < -0.39 is 0 Å². The van der Waals surface area contributed by atoms with Gasteiger partial charge in [0.2, 0.25) is 0 Å². The van der Waals surface area contributed by atoms with Crippen LogP contribution in [0.25, 0.3) is 0 Å². The summed E-state index contributed by atoms with van der Waals surface area (Å²) in [6, 6.07) is 0. The van der Waals surface area contributed by atoms with Crippen molar-refractivity contribution in [1.82, 2.24) is 0 Å². The van der Waals surface area contributed by atoms with Crippen molar-refractivity contribution < 1.29 is 14.3 Å². The van der Waals surface area contributed by atoms with Gasteiger partial charge in [0.1, 0.15) is 0 Å². The minimum absolute atomic E-state index is 0.0724. The molecule has 0 radical (unpaired) electrons. The van der Waals surface area contributed by atoms with Crippen LogP contribution in [0.2, 0.25) is 0 Å². The van der Waals surface area contributed by atoms with Gasteiger partial charge in [-0.1, -0.05) is 32.4 Å². The molecule has 5 atom stereocenters. The number of Topliss-reactive ketones (excluding diaryl/α,β-unsaturated/α-hetero) is 1. The monoisotopic (exact) mass is 354 g/mol. The summed E-state index contributed by atoms with van der Waals surface area (Å²) in [6.07, 6.45) is 10.6. The highest BCUT2D eigenvalue weighted by atomic mass is 16.5. The number of carbonyl (C=O) groups is 2. The van der Waals surface area contributed by atoms with Crippen LogP contribution in [0, 0.1) is 28.1 Å². The summed E-state index contributed by atoms with van der Waals surface area (Å²) >= 11 is 0. The van der Waals surface area contributed by atoms with E-state index in [1.807, 2.05) is 13.0 Å². The lowest BCUT2D eigenvalue weighted by atomic mass is 9.41. The van der Waals surface area contributed by atoms with E-state index in [1.54, 1.807) is 13.2 Å². The van der Waals surface area contributed by atoms with E-state index in [-0.39, 0.29) is 27.8 Å². The fourth-order valence-electron chi connectivity index (χ4n) is 6.87. The van der Waals surface area contributed by atoms with Gasteiger partial charge in [0, 0.05) is 22.8 Å². The molecule has 0 amide bonds. The van der Waals surface area contributed by atoms with Crippen LogP contribution in [0.3, 0.4) is 0 Å². The van der Waals surface area contributed by atoms with Crippen molar-refractivity contribution in [1.29, 1.82) is 0 Å². The Bertz CT molecular complexity index is 785. The van der Waals surface area contributed by atoms with Crippen molar-refractivity contribution in [2.45, 2.75) is 59.8 Å². The molecule has 4 rings (SSSR count). The average Bonchev–Trinajstić information content (AvgIpc) is 2.86. The molecule has 0 bridgehead atoms. The van der Waals surface area contributed by atoms with Crippen molar-refractivity contribution in [3.8, 4) is 0 Å². The lowest BCUT2D eigenvalue weighted by Gasteiger charge is -2.62. The molecule has 0 aliphatic heterocycles. The summed E-state index contributed by atoms with van der Waals surface area (Å²) in [4.78, 5) is 24.8. The Kier molecular flexibility index (Phi) is 3.71. The predicted molar refractivity (Wildman–Crippen MR) is 101 cm³/mol. The van der Waals surface area contributed by atoms with Crippen LogP contribution >= 0.6 is 0 Å². The number of fused-ring (bicyclic) bond motifs is 5. The zero-order valence-electron chi connectivity index (χ0n) is 16.6. The molecule has 4 aliphatic carbocycles. The van der Waals surface area contributed by atoms with E-state index in [0.29, 0.717) is 18.3 Å². The van der Waals surface area contributed by atoms with E-state index in [0.717, 1.165) is 37.0 Å². The fourth-order valence-corrected chi connectivity index (χ4v) is 6.87. The minimum Gasteiger partial charge on any atom is -0.501 e. The molecule has 26 heavy (non-hydrogen) atoms. The number of hydrogen-bond acceptors (Lipinski definition) is 3. The first-order chi connectivity index (χ1) is 12.2. The molecule has 4 aliphatic rings. The third-order valence-electron chi connectivity index (χ3n) is 8.68. The fraction of sp³-hybridized carbons (Fsp3) is 0.652. The van der Waals surface area contributed by atoms with Crippen molar-refractivity contribution >= 4 is 11.6 Å². The van der Waals surface area contributed by atoms with Gasteiger partial charge in [-0.15, -0.1) is 0 Å². The van der Waals surface area contributed by atoms with E-state index in [2.05, 4.69) is 26.8 Å². The molecule has 0 N–H and O–H groups in total. The maximum absolute atomic E-state index is 12.9. The van der Waals surface area contributed by atoms with Gasteiger partial charge in [-0.05, 0) is 62.0 Å². The summed E-state index contributed by atoms with van der Waals surface area (Å²) < 4.78 is 5.50. The summed E-state index contributed by atoms with van der Waals surface area (Å²) in [5.74, 6) is 2.07. The average molecular weight is 354 g/mol. The standard InChI is InChI=1S/C23H30O3/c1-14(26-5)20-19(25)13-18-17-7-6-15-12-16(24)8-9-22(15,3)23(17,4)11-10-21(18,20)2/h8-9,12,17-18H,6-7,10-11,13H2,1-5H3/b20-14-/t17-,18-,21-,22-,23-/m0/s1. The first-order valence-electron chi connectivity index (χ1n) is 9.90. The molecule has 0 aromatic carbocycles. The SMILES string of the molecule is CO/C(C)=C1/C(=O)C[C@H]2[C@@H]3CCC4=CC(=O)C=C[C@]4(C)[C@@]3(C)CC[C@]12C. The molecular formula is C23H30O3. The smallest absolute Gasteiger partial charge is 0.178 e. The van der Waals surface area contributed by atoms with E-state index in [4.69, 9.17) is 4.74 Å². The second-order valence-corrected chi connectivity index (χ2v) is 9.46. The first-order valence-corrected chi connectivity index (χ1v) is 9.90. The highest BCUT2D eigenvalue weighted by Crippen LogP contribution is 2.70. The number of hydrogen-bond donors (Lipinski definition) is 0. The van der Waals surface area contributed by atoms with Crippen molar-refractivity contribution in [3.05, 3.63) is 35.1 Å². The molecule has 0 unspecified atom stereocenters. The van der Waals surface area contributed by atoms with Gasteiger partial charge in [0.05, 0.1) is 12.9 Å². The van der Waals surface area contributed by atoms with Crippen LogP contribution in [0.15, 0.2) is 35.1 Å². The quantitative estimate of drug-likeness (QED) is 0.502. The second-order valence-electron chi connectivity index (χ2n) is 9.46. The zero-order chi connectivity index (χ0) is 18.9. The molecule has 0 saturated heterocycles. The molecule has 3 nitrogen and oxygen atoms in total.